The molecule has 0 bridgehead atoms. The van der Waals surface area contributed by atoms with Crippen LogP contribution in [0.3, 0.4) is 0 Å². The molecule has 3 aromatic carbocycles. The van der Waals surface area contributed by atoms with Gasteiger partial charge in [0.05, 0.1) is 17.4 Å². The van der Waals surface area contributed by atoms with E-state index in [-0.39, 0.29) is 10.3 Å². The monoisotopic (exact) mass is 441 g/mol. The molecule has 1 saturated heterocycles. The Kier molecular flexibility index (Phi) is 6.32. The summed E-state index contributed by atoms with van der Waals surface area (Å²) in [5, 5.41) is -0.250. The Morgan fingerprint density at radius 2 is 1.60 bits per heavy atom. The summed E-state index contributed by atoms with van der Waals surface area (Å²) in [7, 11) is -2.03. The Labute approximate surface area is 181 Å². The summed E-state index contributed by atoms with van der Waals surface area (Å²) in [6, 6.07) is 24.2. The van der Waals surface area contributed by atoms with Crippen molar-refractivity contribution in [1.29, 1.82) is 0 Å². The molecule has 156 valence electrons. The fourth-order valence-corrected chi connectivity index (χ4v) is 6.56. The number of nitrogens with zero attached hydrogens (tertiary/aromatic N) is 1. The topological polar surface area (TPSA) is 55.8 Å². The molecule has 0 N–H and O–H groups in total. The van der Waals surface area contributed by atoms with Crippen molar-refractivity contribution < 1.29 is 17.9 Å². The van der Waals surface area contributed by atoms with Crippen LogP contribution in [0.2, 0.25) is 0 Å². The largest absolute Gasteiger partial charge is 0.497 e. The summed E-state index contributed by atoms with van der Waals surface area (Å²) in [5.74, 6) is 2.15. The van der Waals surface area contributed by atoms with E-state index in [4.69, 9.17) is 9.47 Å². The van der Waals surface area contributed by atoms with Crippen LogP contribution in [-0.4, -0.2) is 32.1 Å². The van der Waals surface area contributed by atoms with Crippen LogP contribution in [0, 0.1) is 0 Å². The second-order valence-electron chi connectivity index (χ2n) is 6.86. The lowest BCUT2D eigenvalue weighted by Crippen LogP contribution is -2.30. The molecule has 1 aliphatic heterocycles. The van der Waals surface area contributed by atoms with Gasteiger partial charge in [-0.15, -0.1) is 11.8 Å². The summed E-state index contributed by atoms with van der Waals surface area (Å²) in [6.07, 6.45) is 0. The van der Waals surface area contributed by atoms with Gasteiger partial charge in [-0.1, -0.05) is 42.5 Å². The minimum absolute atomic E-state index is 0.250. The summed E-state index contributed by atoms with van der Waals surface area (Å²) < 4.78 is 38.9. The molecule has 5 nitrogen and oxygen atoms in total. The molecule has 1 heterocycles. The van der Waals surface area contributed by atoms with E-state index in [2.05, 4.69) is 0 Å². The zero-order chi connectivity index (χ0) is 21.0. The molecule has 1 aliphatic rings. The Morgan fingerprint density at radius 1 is 0.933 bits per heavy atom. The first-order valence-corrected chi connectivity index (χ1v) is 12.1. The van der Waals surface area contributed by atoms with Gasteiger partial charge in [0.2, 0.25) is 10.0 Å². The summed E-state index contributed by atoms with van der Waals surface area (Å²) >= 11 is 1.63. The van der Waals surface area contributed by atoms with Gasteiger partial charge in [-0.05, 0) is 47.5 Å². The lowest BCUT2D eigenvalue weighted by Gasteiger charge is -2.24. The number of ether oxygens (including phenoxy) is 2. The molecule has 3 aromatic rings. The molecule has 7 heteroatoms. The fourth-order valence-electron chi connectivity index (χ4n) is 3.32. The van der Waals surface area contributed by atoms with E-state index < -0.39 is 10.0 Å². The Morgan fingerprint density at radius 3 is 2.27 bits per heavy atom. The highest BCUT2D eigenvalue weighted by Crippen LogP contribution is 2.41. The number of sulfonamides is 1. The average Bonchev–Trinajstić information content (AvgIpc) is 3.30. The molecule has 0 saturated carbocycles. The van der Waals surface area contributed by atoms with E-state index in [1.807, 2.05) is 54.6 Å². The molecule has 0 aliphatic carbocycles. The van der Waals surface area contributed by atoms with Crippen molar-refractivity contribution in [1.82, 2.24) is 4.31 Å². The van der Waals surface area contributed by atoms with Crippen molar-refractivity contribution in [2.45, 2.75) is 16.9 Å². The molecule has 1 fully saturated rings. The van der Waals surface area contributed by atoms with Crippen LogP contribution in [0.25, 0.3) is 0 Å². The minimum atomic E-state index is -3.59. The van der Waals surface area contributed by atoms with Crippen molar-refractivity contribution in [3.8, 4) is 11.5 Å². The summed E-state index contributed by atoms with van der Waals surface area (Å²) in [5.41, 5.74) is 2.05. The predicted octanol–water partition coefficient (Wildman–Crippen LogP) is 4.71. The highest BCUT2D eigenvalue weighted by molar-refractivity contribution is 8.01. The molecule has 30 heavy (non-hydrogen) atoms. The van der Waals surface area contributed by atoms with Gasteiger partial charge in [0, 0.05) is 12.3 Å². The normalized spacial score (nSPS) is 17.0. The number of benzene rings is 3. The molecule has 0 aromatic heterocycles. The third-order valence-electron chi connectivity index (χ3n) is 4.93. The quantitative estimate of drug-likeness (QED) is 0.531. The van der Waals surface area contributed by atoms with Gasteiger partial charge < -0.3 is 9.47 Å². The maximum Gasteiger partial charge on any atom is 0.244 e. The lowest BCUT2D eigenvalue weighted by atomic mass is 10.2. The third-order valence-corrected chi connectivity index (χ3v) is 8.20. The Hall–Kier alpha value is -2.48. The number of hydrogen-bond donors (Lipinski definition) is 0. The van der Waals surface area contributed by atoms with Crippen LogP contribution in [0.4, 0.5) is 0 Å². The van der Waals surface area contributed by atoms with Crippen molar-refractivity contribution in [2.75, 3.05) is 19.4 Å². The summed E-state index contributed by atoms with van der Waals surface area (Å²) in [4.78, 5) is 0.276. The second kappa shape index (κ2) is 9.12. The van der Waals surface area contributed by atoms with Crippen LogP contribution >= 0.6 is 11.8 Å². The number of rotatable bonds is 7. The van der Waals surface area contributed by atoms with Crippen molar-refractivity contribution in [3.63, 3.8) is 0 Å². The van der Waals surface area contributed by atoms with E-state index in [1.54, 1.807) is 47.4 Å². The van der Waals surface area contributed by atoms with Crippen LogP contribution in [0.15, 0.2) is 83.8 Å². The maximum atomic E-state index is 13.2. The Bertz CT molecular complexity index is 1070. The molecular formula is C23H23NO4S2. The van der Waals surface area contributed by atoms with Crippen molar-refractivity contribution in [2.24, 2.45) is 0 Å². The van der Waals surface area contributed by atoms with E-state index in [9.17, 15) is 8.42 Å². The highest BCUT2D eigenvalue weighted by atomic mass is 32.2. The van der Waals surface area contributed by atoms with Gasteiger partial charge in [0.1, 0.15) is 18.1 Å². The molecule has 0 spiro atoms. The van der Waals surface area contributed by atoms with Crippen molar-refractivity contribution >= 4 is 21.8 Å². The zero-order valence-corrected chi connectivity index (χ0v) is 18.2. The highest BCUT2D eigenvalue weighted by Gasteiger charge is 2.36. The zero-order valence-electron chi connectivity index (χ0n) is 16.6. The first kappa shape index (κ1) is 20.8. The standard InChI is InChI=1S/C23H23NO4S2/c1-27-20-11-13-22(14-12-20)30(25,26)24-15-16-29-23(24)19-7-9-21(10-8-19)28-17-18-5-3-2-4-6-18/h2-14,23H,15-17H2,1H3. The van der Waals surface area contributed by atoms with Crippen LogP contribution < -0.4 is 9.47 Å². The predicted molar refractivity (Wildman–Crippen MR) is 119 cm³/mol. The summed E-state index contributed by atoms with van der Waals surface area (Å²) in [6.45, 7) is 0.978. The van der Waals surface area contributed by atoms with Gasteiger partial charge in [-0.3, -0.25) is 0 Å². The lowest BCUT2D eigenvalue weighted by molar-refractivity contribution is 0.306. The fraction of sp³-hybridized carbons (Fsp3) is 0.217. The van der Waals surface area contributed by atoms with Crippen LogP contribution in [0.1, 0.15) is 16.5 Å². The molecule has 0 radical (unpaired) electrons. The van der Waals surface area contributed by atoms with E-state index in [0.717, 1.165) is 22.6 Å². The average molecular weight is 442 g/mol. The van der Waals surface area contributed by atoms with Crippen LogP contribution in [0.5, 0.6) is 11.5 Å². The van der Waals surface area contributed by atoms with E-state index >= 15 is 0 Å². The van der Waals surface area contributed by atoms with Gasteiger partial charge in [-0.25, -0.2) is 8.42 Å². The van der Waals surface area contributed by atoms with Crippen LogP contribution in [-0.2, 0) is 16.6 Å². The number of methoxy groups -OCH3 is 1. The molecule has 1 unspecified atom stereocenters. The smallest absolute Gasteiger partial charge is 0.244 e. The third kappa shape index (κ3) is 4.48. The molecule has 4 rings (SSSR count). The van der Waals surface area contributed by atoms with Crippen molar-refractivity contribution in [3.05, 3.63) is 90.0 Å². The number of thioether (sulfide) groups is 1. The molecule has 1 atom stereocenters. The first-order chi connectivity index (χ1) is 14.6. The van der Waals surface area contributed by atoms with E-state index in [1.165, 1.54) is 0 Å². The van der Waals surface area contributed by atoms with Gasteiger partial charge in [0.15, 0.2) is 0 Å². The number of hydrogen-bond acceptors (Lipinski definition) is 5. The molecular weight excluding hydrogens is 418 g/mol. The molecule has 0 amide bonds. The Balaban J connectivity index is 1.48. The van der Waals surface area contributed by atoms with Gasteiger partial charge >= 0.3 is 0 Å². The van der Waals surface area contributed by atoms with Gasteiger partial charge in [0.25, 0.3) is 0 Å². The minimum Gasteiger partial charge on any atom is -0.497 e. The van der Waals surface area contributed by atoms with Gasteiger partial charge in [-0.2, -0.15) is 4.31 Å². The SMILES string of the molecule is COc1ccc(S(=O)(=O)N2CCSC2c2ccc(OCc3ccccc3)cc2)cc1. The second-order valence-corrected chi connectivity index (χ2v) is 9.94. The van der Waals surface area contributed by atoms with E-state index in [0.29, 0.717) is 18.9 Å². The first-order valence-electron chi connectivity index (χ1n) is 9.62. The maximum absolute atomic E-state index is 13.2.